The molecule has 0 saturated heterocycles. The Hall–Kier alpha value is -1.55. The zero-order valence-corrected chi connectivity index (χ0v) is 11.2. The number of ether oxygens (including phenoxy) is 1. The third kappa shape index (κ3) is 3.47. The van der Waals surface area contributed by atoms with Crippen LogP contribution >= 0.6 is 0 Å². The van der Waals surface area contributed by atoms with Gasteiger partial charge in [-0.3, -0.25) is 4.79 Å². The molecule has 0 aliphatic carbocycles. The van der Waals surface area contributed by atoms with Crippen LogP contribution in [0.3, 0.4) is 0 Å². The predicted molar refractivity (Wildman–Crippen MR) is 70.9 cm³/mol. The summed E-state index contributed by atoms with van der Waals surface area (Å²) < 4.78 is 5.25. The van der Waals surface area contributed by atoms with E-state index in [0.717, 1.165) is 22.4 Å². The summed E-state index contributed by atoms with van der Waals surface area (Å²) in [5, 5.41) is 8.61. The number of carboxylic acid groups (broad SMARTS) is 1. The summed E-state index contributed by atoms with van der Waals surface area (Å²) in [4.78, 5) is 10.5. The maximum atomic E-state index is 10.5. The molecule has 1 rings (SSSR count). The van der Waals surface area contributed by atoms with E-state index in [-0.39, 0.29) is 12.5 Å². The zero-order valence-electron chi connectivity index (χ0n) is 11.2. The molecule has 18 heavy (non-hydrogen) atoms. The highest BCUT2D eigenvalue weighted by Crippen LogP contribution is 2.28. The normalized spacial score (nSPS) is 12.2. The van der Waals surface area contributed by atoms with Crippen LogP contribution in [0, 0.1) is 13.8 Å². The zero-order chi connectivity index (χ0) is 13.7. The van der Waals surface area contributed by atoms with Gasteiger partial charge in [0.15, 0.2) is 0 Å². The number of carboxylic acids is 1. The van der Waals surface area contributed by atoms with Crippen LogP contribution in [-0.4, -0.2) is 18.2 Å². The Labute approximate surface area is 108 Å². The lowest BCUT2D eigenvalue weighted by molar-refractivity contribution is -0.137. The Balaban J connectivity index is 2.77. The van der Waals surface area contributed by atoms with Gasteiger partial charge in [-0.2, -0.15) is 0 Å². The van der Waals surface area contributed by atoms with Crippen molar-refractivity contribution in [2.75, 3.05) is 7.11 Å². The smallest absolute Gasteiger partial charge is 0.303 e. The van der Waals surface area contributed by atoms with Gasteiger partial charge in [-0.15, -0.1) is 0 Å². The van der Waals surface area contributed by atoms with Crippen LogP contribution in [0.25, 0.3) is 0 Å². The average molecular weight is 251 g/mol. The first-order valence-electron chi connectivity index (χ1n) is 6.08. The van der Waals surface area contributed by atoms with Crippen molar-refractivity contribution in [3.05, 3.63) is 28.8 Å². The Morgan fingerprint density at radius 2 is 2.06 bits per heavy atom. The van der Waals surface area contributed by atoms with E-state index in [1.165, 1.54) is 0 Å². The average Bonchev–Trinajstić information content (AvgIpc) is 2.32. The van der Waals surface area contributed by atoms with Crippen molar-refractivity contribution >= 4 is 5.97 Å². The van der Waals surface area contributed by atoms with Crippen molar-refractivity contribution in [2.45, 2.75) is 39.2 Å². The Bertz CT molecular complexity index is 429. The summed E-state index contributed by atoms with van der Waals surface area (Å²) in [6.07, 6.45) is 1.45. The van der Waals surface area contributed by atoms with Crippen molar-refractivity contribution in [2.24, 2.45) is 5.73 Å². The quantitative estimate of drug-likeness (QED) is 0.815. The number of hydrogen-bond acceptors (Lipinski definition) is 3. The molecule has 0 aromatic heterocycles. The van der Waals surface area contributed by atoms with Crippen LogP contribution in [0.4, 0.5) is 0 Å². The van der Waals surface area contributed by atoms with Crippen molar-refractivity contribution in [3.8, 4) is 5.75 Å². The molecule has 0 aliphatic rings. The minimum Gasteiger partial charge on any atom is -0.496 e. The molecule has 0 bridgehead atoms. The molecular weight excluding hydrogens is 230 g/mol. The molecule has 0 amide bonds. The van der Waals surface area contributed by atoms with Gasteiger partial charge in [0.25, 0.3) is 0 Å². The fourth-order valence-electron chi connectivity index (χ4n) is 2.07. The molecular formula is C14H21NO3. The summed E-state index contributed by atoms with van der Waals surface area (Å²) in [6.45, 7) is 4.02. The molecule has 0 aliphatic heterocycles. The van der Waals surface area contributed by atoms with Gasteiger partial charge >= 0.3 is 5.97 Å². The van der Waals surface area contributed by atoms with E-state index in [1.54, 1.807) is 7.11 Å². The number of rotatable bonds is 6. The topological polar surface area (TPSA) is 72.5 Å². The van der Waals surface area contributed by atoms with Crippen molar-refractivity contribution in [1.82, 2.24) is 0 Å². The van der Waals surface area contributed by atoms with Gasteiger partial charge in [0.05, 0.1) is 7.11 Å². The molecule has 1 aromatic rings. The molecule has 0 fully saturated rings. The number of benzene rings is 1. The highest BCUT2D eigenvalue weighted by atomic mass is 16.5. The molecule has 4 nitrogen and oxygen atoms in total. The van der Waals surface area contributed by atoms with E-state index < -0.39 is 5.97 Å². The SMILES string of the molecule is COc1ccc(C(N)CCCC(=O)O)c(C)c1C. The fraction of sp³-hybridized carbons (Fsp3) is 0.500. The minimum absolute atomic E-state index is 0.117. The third-order valence-electron chi connectivity index (χ3n) is 3.30. The maximum Gasteiger partial charge on any atom is 0.303 e. The first-order valence-corrected chi connectivity index (χ1v) is 6.08. The second kappa shape index (κ2) is 6.40. The van der Waals surface area contributed by atoms with Gasteiger partial charge < -0.3 is 15.6 Å². The molecule has 0 heterocycles. The monoisotopic (exact) mass is 251 g/mol. The lowest BCUT2D eigenvalue weighted by Gasteiger charge is -2.17. The summed E-state index contributed by atoms with van der Waals surface area (Å²) in [5.41, 5.74) is 9.39. The largest absolute Gasteiger partial charge is 0.496 e. The van der Waals surface area contributed by atoms with Crippen LogP contribution in [0.2, 0.25) is 0 Å². The van der Waals surface area contributed by atoms with Crippen LogP contribution in [0.15, 0.2) is 12.1 Å². The minimum atomic E-state index is -0.773. The van der Waals surface area contributed by atoms with E-state index in [2.05, 4.69) is 0 Å². The van der Waals surface area contributed by atoms with Gasteiger partial charge in [0, 0.05) is 12.5 Å². The number of nitrogens with two attached hydrogens (primary N) is 1. The number of methoxy groups -OCH3 is 1. The van der Waals surface area contributed by atoms with E-state index in [4.69, 9.17) is 15.6 Å². The molecule has 0 radical (unpaired) electrons. The van der Waals surface area contributed by atoms with Gasteiger partial charge in [-0.05, 0) is 49.4 Å². The Morgan fingerprint density at radius 3 is 2.61 bits per heavy atom. The van der Waals surface area contributed by atoms with E-state index in [1.807, 2.05) is 26.0 Å². The van der Waals surface area contributed by atoms with E-state index in [0.29, 0.717) is 12.8 Å². The maximum absolute atomic E-state index is 10.5. The lowest BCUT2D eigenvalue weighted by Crippen LogP contribution is -2.13. The first kappa shape index (κ1) is 14.5. The van der Waals surface area contributed by atoms with Gasteiger partial charge in [-0.25, -0.2) is 0 Å². The van der Waals surface area contributed by atoms with Gasteiger partial charge in [-0.1, -0.05) is 6.07 Å². The van der Waals surface area contributed by atoms with E-state index in [9.17, 15) is 4.79 Å². The molecule has 1 atom stereocenters. The molecule has 1 aromatic carbocycles. The van der Waals surface area contributed by atoms with Crippen molar-refractivity contribution in [1.29, 1.82) is 0 Å². The van der Waals surface area contributed by atoms with Gasteiger partial charge in [0.1, 0.15) is 5.75 Å². The number of carbonyl (C=O) groups is 1. The highest BCUT2D eigenvalue weighted by Gasteiger charge is 2.13. The standard InChI is InChI=1S/C14H21NO3/c1-9-10(2)13(18-3)8-7-11(9)12(15)5-4-6-14(16)17/h7-8,12H,4-6,15H2,1-3H3,(H,16,17). The number of aliphatic carboxylic acids is 1. The molecule has 1 unspecified atom stereocenters. The third-order valence-corrected chi connectivity index (χ3v) is 3.30. The lowest BCUT2D eigenvalue weighted by atomic mass is 9.94. The first-order chi connectivity index (χ1) is 8.47. The Morgan fingerprint density at radius 1 is 1.39 bits per heavy atom. The Kier molecular flexibility index (Phi) is 5.16. The molecule has 0 spiro atoms. The molecule has 0 saturated carbocycles. The van der Waals surface area contributed by atoms with Crippen LogP contribution in [0.1, 0.15) is 42.0 Å². The van der Waals surface area contributed by atoms with Crippen molar-refractivity contribution < 1.29 is 14.6 Å². The summed E-state index contributed by atoms with van der Waals surface area (Å²) in [7, 11) is 1.65. The van der Waals surface area contributed by atoms with Gasteiger partial charge in [0.2, 0.25) is 0 Å². The number of hydrogen-bond donors (Lipinski definition) is 2. The van der Waals surface area contributed by atoms with Crippen LogP contribution < -0.4 is 10.5 Å². The second-order valence-electron chi connectivity index (χ2n) is 4.50. The van der Waals surface area contributed by atoms with Crippen LogP contribution in [-0.2, 0) is 4.79 Å². The second-order valence-corrected chi connectivity index (χ2v) is 4.50. The molecule has 3 N–H and O–H groups in total. The van der Waals surface area contributed by atoms with Crippen LogP contribution in [0.5, 0.6) is 5.75 Å². The summed E-state index contributed by atoms with van der Waals surface area (Å²) >= 11 is 0. The molecule has 4 heteroatoms. The fourth-order valence-corrected chi connectivity index (χ4v) is 2.07. The van der Waals surface area contributed by atoms with Crippen molar-refractivity contribution in [3.63, 3.8) is 0 Å². The highest BCUT2D eigenvalue weighted by molar-refractivity contribution is 5.66. The van der Waals surface area contributed by atoms with E-state index >= 15 is 0 Å². The summed E-state index contributed by atoms with van der Waals surface area (Å²) in [6, 6.07) is 3.76. The molecule has 100 valence electrons. The predicted octanol–water partition coefficient (Wildman–Crippen LogP) is 2.57. The summed E-state index contributed by atoms with van der Waals surface area (Å²) in [5.74, 6) is 0.0822.